The maximum atomic E-state index is 13.9. The van der Waals surface area contributed by atoms with Crippen molar-refractivity contribution in [2.24, 2.45) is 0 Å². The predicted octanol–water partition coefficient (Wildman–Crippen LogP) is 1.31. The fraction of sp³-hybridized carbons (Fsp3) is 0.571. The van der Waals surface area contributed by atoms with Crippen molar-refractivity contribution >= 4 is 10.0 Å². The zero-order valence-corrected chi connectivity index (χ0v) is 13.1. The van der Waals surface area contributed by atoms with Crippen LogP contribution in [0.15, 0.2) is 17.0 Å². The average Bonchev–Trinajstić information content (AvgIpc) is 2.43. The Morgan fingerprint density at radius 3 is 2.81 bits per heavy atom. The molecule has 0 aromatic heterocycles. The number of halogens is 1. The maximum Gasteiger partial charge on any atom is 0.241 e. The van der Waals surface area contributed by atoms with Crippen molar-refractivity contribution in [1.29, 1.82) is 0 Å². The van der Waals surface area contributed by atoms with Gasteiger partial charge in [-0.05, 0) is 44.5 Å². The largest absolute Gasteiger partial charge is 0.380 e. The van der Waals surface area contributed by atoms with Gasteiger partial charge in [-0.25, -0.2) is 17.5 Å². The van der Waals surface area contributed by atoms with Gasteiger partial charge in [0.15, 0.2) is 0 Å². The van der Waals surface area contributed by atoms with Crippen LogP contribution in [0.5, 0.6) is 0 Å². The summed E-state index contributed by atoms with van der Waals surface area (Å²) < 4.78 is 46.8. The molecule has 0 spiro atoms. The lowest BCUT2D eigenvalue weighted by Gasteiger charge is -2.23. The second kappa shape index (κ2) is 6.83. The van der Waals surface area contributed by atoms with Gasteiger partial charge in [0.25, 0.3) is 0 Å². The van der Waals surface area contributed by atoms with Crippen molar-refractivity contribution in [2.45, 2.75) is 37.2 Å². The molecule has 2 N–H and O–H groups in total. The van der Waals surface area contributed by atoms with E-state index in [-0.39, 0.29) is 16.5 Å². The molecule has 1 heterocycles. The lowest BCUT2D eigenvalue weighted by Crippen LogP contribution is -2.40. The van der Waals surface area contributed by atoms with E-state index < -0.39 is 15.8 Å². The molecular weight excluding hydrogens is 295 g/mol. The zero-order chi connectivity index (χ0) is 15.5. The maximum absolute atomic E-state index is 13.9. The third-order valence-electron chi connectivity index (χ3n) is 3.51. The Labute approximate surface area is 124 Å². The number of nitrogens with one attached hydrogen (secondary N) is 2. The van der Waals surface area contributed by atoms with Crippen LogP contribution in [0.1, 0.15) is 24.0 Å². The second-order valence-corrected chi connectivity index (χ2v) is 6.95. The van der Waals surface area contributed by atoms with E-state index in [1.54, 1.807) is 7.05 Å². The van der Waals surface area contributed by atoms with E-state index in [0.717, 1.165) is 12.8 Å². The molecule has 7 heteroatoms. The predicted molar refractivity (Wildman–Crippen MR) is 78.1 cm³/mol. The summed E-state index contributed by atoms with van der Waals surface area (Å²) in [5.41, 5.74) is 0.736. The van der Waals surface area contributed by atoms with Gasteiger partial charge >= 0.3 is 0 Å². The van der Waals surface area contributed by atoms with Gasteiger partial charge < -0.3 is 10.1 Å². The summed E-state index contributed by atoms with van der Waals surface area (Å²) in [6.07, 6.45) is 1.55. The number of hydrogen-bond acceptors (Lipinski definition) is 4. The molecule has 0 radical (unpaired) electrons. The summed E-state index contributed by atoms with van der Waals surface area (Å²) >= 11 is 0. The van der Waals surface area contributed by atoms with Crippen LogP contribution in [0.25, 0.3) is 0 Å². The fourth-order valence-electron chi connectivity index (χ4n) is 2.41. The lowest BCUT2D eigenvalue weighted by atomic mass is 10.1. The molecule has 0 aliphatic carbocycles. The van der Waals surface area contributed by atoms with E-state index in [9.17, 15) is 12.8 Å². The van der Waals surface area contributed by atoms with E-state index in [4.69, 9.17) is 4.74 Å². The first kappa shape index (κ1) is 16.4. The zero-order valence-electron chi connectivity index (χ0n) is 12.3. The SMILES string of the molecule is CNCc1cc(F)c(C)c(S(=O)(=O)NC2CCCOC2)c1. The molecule has 5 nitrogen and oxygen atoms in total. The highest BCUT2D eigenvalue weighted by Crippen LogP contribution is 2.21. The summed E-state index contributed by atoms with van der Waals surface area (Å²) in [5.74, 6) is -0.511. The Morgan fingerprint density at radius 2 is 2.19 bits per heavy atom. The molecule has 1 unspecified atom stereocenters. The Balaban J connectivity index is 2.29. The minimum atomic E-state index is -3.75. The Bertz CT molecular complexity index is 598. The highest BCUT2D eigenvalue weighted by atomic mass is 32.2. The molecule has 1 aliphatic rings. The third-order valence-corrected chi connectivity index (χ3v) is 5.16. The smallest absolute Gasteiger partial charge is 0.241 e. The highest BCUT2D eigenvalue weighted by Gasteiger charge is 2.25. The molecular formula is C14H21FN2O3S. The molecule has 1 saturated heterocycles. The molecule has 1 aromatic rings. The lowest BCUT2D eigenvalue weighted by molar-refractivity contribution is 0.0774. The molecule has 1 aromatic carbocycles. The number of rotatable bonds is 5. The van der Waals surface area contributed by atoms with Gasteiger partial charge in [0.1, 0.15) is 5.82 Å². The van der Waals surface area contributed by atoms with Gasteiger partial charge in [-0.15, -0.1) is 0 Å². The number of hydrogen-bond donors (Lipinski definition) is 2. The molecule has 1 aliphatic heterocycles. The van der Waals surface area contributed by atoms with Crippen LogP contribution in [0.3, 0.4) is 0 Å². The first-order valence-electron chi connectivity index (χ1n) is 6.97. The Morgan fingerprint density at radius 1 is 1.43 bits per heavy atom. The molecule has 21 heavy (non-hydrogen) atoms. The molecule has 2 rings (SSSR count). The molecule has 0 bridgehead atoms. The van der Waals surface area contributed by atoms with Crippen LogP contribution >= 0.6 is 0 Å². The van der Waals surface area contributed by atoms with Crippen molar-refractivity contribution in [2.75, 3.05) is 20.3 Å². The second-order valence-electron chi connectivity index (χ2n) is 5.27. The number of ether oxygens (including phenoxy) is 1. The number of sulfonamides is 1. The Hall–Kier alpha value is -1.02. The van der Waals surface area contributed by atoms with Gasteiger partial charge in [-0.3, -0.25) is 0 Å². The summed E-state index contributed by atoms with van der Waals surface area (Å²) in [6, 6.07) is 2.62. The van der Waals surface area contributed by atoms with E-state index in [0.29, 0.717) is 25.3 Å². The van der Waals surface area contributed by atoms with Crippen LogP contribution in [0, 0.1) is 12.7 Å². The van der Waals surface area contributed by atoms with Crippen LogP contribution in [-0.4, -0.2) is 34.7 Å². The van der Waals surface area contributed by atoms with Gasteiger partial charge in [0.2, 0.25) is 10.0 Å². The van der Waals surface area contributed by atoms with Gasteiger partial charge in [-0.1, -0.05) is 0 Å². The summed E-state index contributed by atoms with van der Waals surface area (Å²) in [6.45, 7) is 2.90. The van der Waals surface area contributed by atoms with Crippen LogP contribution in [-0.2, 0) is 21.3 Å². The van der Waals surface area contributed by atoms with Crippen molar-refractivity contribution in [3.8, 4) is 0 Å². The number of benzene rings is 1. The fourth-order valence-corrected chi connectivity index (χ4v) is 3.97. The van der Waals surface area contributed by atoms with Crippen molar-refractivity contribution in [3.63, 3.8) is 0 Å². The molecule has 118 valence electrons. The minimum Gasteiger partial charge on any atom is -0.380 e. The van der Waals surface area contributed by atoms with Crippen molar-refractivity contribution in [1.82, 2.24) is 10.0 Å². The van der Waals surface area contributed by atoms with Crippen LogP contribution in [0.4, 0.5) is 4.39 Å². The first-order chi connectivity index (χ1) is 9.94. The monoisotopic (exact) mass is 316 g/mol. The molecule has 1 atom stereocenters. The highest BCUT2D eigenvalue weighted by molar-refractivity contribution is 7.89. The minimum absolute atomic E-state index is 0.00155. The summed E-state index contributed by atoms with van der Waals surface area (Å²) in [7, 11) is -2.03. The van der Waals surface area contributed by atoms with E-state index in [1.807, 2.05) is 0 Å². The quantitative estimate of drug-likeness (QED) is 0.859. The third kappa shape index (κ3) is 4.00. The van der Waals surface area contributed by atoms with Crippen molar-refractivity contribution < 1.29 is 17.5 Å². The Kier molecular flexibility index (Phi) is 5.32. The van der Waals surface area contributed by atoms with Crippen LogP contribution < -0.4 is 10.0 Å². The van der Waals surface area contributed by atoms with E-state index >= 15 is 0 Å². The average molecular weight is 316 g/mol. The molecule has 0 saturated carbocycles. The van der Waals surface area contributed by atoms with Gasteiger partial charge in [0, 0.05) is 24.8 Å². The first-order valence-corrected chi connectivity index (χ1v) is 8.46. The van der Waals surface area contributed by atoms with E-state index in [1.165, 1.54) is 19.1 Å². The molecule has 0 amide bonds. The van der Waals surface area contributed by atoms with Gasteiger partial charge in [-0.2, -0.15) is 0 Å². The van der Waals surface area contributed by atoms with Crippen molar-refractivity contribution in [3.05, 3.63) is 29.1 Å². The normalized spacial score (nSPS) is 19.7. The van der Waals surface area contributed by atoms with E-state index in [2.05, 4.69) is 10.0 Å². The van der Waals surface area contributed by atoms with Crippen LogP contribution in [0.2, 0.25) is 0 Å². The summed E-state index contributed by atoms with van der Waals surface area (Å²) in [5, 5.41) is 2.89. The summed E-state index contributed by atoms with van der Waals surface area (Å²) in [4.78, 5) is -0.00155. The molecule has 1 fully saturated rings. The van der Waals surface area contributed by atoms with Gasteiger partial charge in [0.05, 0.1) is 11.5 Å². The topological polar surface area (TPSA) is 67.4 Å². The standard InChI is InChI=1S/C14H21FN2O3S/c1-10-13(15)6-11(8-16-2)7-14(10)21(18,19)17-12-4-3-5-20-9-12/h6-7,12,16-17H,3-5,8-9H2,1-2H3.